The van der Waals surface area contributed by atoms with E-state index in [4.69, 9.17) is 4.74 Å². The van der Waals surface area contributed by atoms with Gasteiger partial charge in [-0.05, 0) is 33.2 Å². The number of nitrogens with one attached hydrogen (secondary N) is 1. The number of piperidine rings is 1. The largest absolute Gasteiger partial charge is 0.377 e. The average Bonchev–Trinajstić information content (AvgIpc) is 2.17. The molecule has 16 heavy (non-hydrogen) atoms. The second-order valence-corrected chi connectivity index (χ2v) is 5.19. The fourth-order valence-electron chi connectivity index (χ4n) is 2.53. The molecule has 1 N–H and O–H groups in total. The molecule has 3 heteroatoms. The molecule has 2 unspecified atom stereocenters. The molecule has 1 aliphatic rings. The Hall–Kier alpha value is -0.120. The van der Waals surface area contributed by atoms with Gasteiger partial charge in [-0.15, -0.1) is 0 Å². The molecule has 0 aromatic heterocycles. The van der Waals surface area contributed by atoms with Crippen LogP contribution in [0, 0.1) is 0 Å². The molecule has 1 heterocycles. The van der Waals surface area contributed by atoms with E-state index in [1.54, 1.807) is 0 Å². The summed E-state index contributed by atoms with van der Waals surface area (Å²) in [4.78, 5) is 2.53. The van der Waals surface area contributed by atoms with Gasteiger partial charge < -0.3 is 10.1 Å². The smallest absolute Gasteiger partial charge is 0.0673 e. The summed E-state index contributed by atoms with van der Waals surface area (Å²) in [6, 6.07) is 1.26. The Balaban J connectivity index is 2.27. The lowest BCUT2D eigenvalue weighted by Crippen LogP contribution is -2.49. The van der Waals surface area contributed by atoms with Crippen LogP contribution in [0.4, 0.5) is 0 Å². The van der Waals surface area contributed by atoms with E-state index in [1.165, 1.54) is 25.9 Å². The molecule has 1 saturated heterocycles. The van der Waals surface area contributed by atoms with Crippen molar-refractivity contribution in [3.8, 4) is 0 Å². The Kier molecular flexibility index (Phi) is 6.32. The zero-order valence-corrected chi connectivity index (χ0v) is 11.3. The molecule has 2 atom stereocenters. The summed E-state index contributed by atoms with van der Waals surface area (Å²) >= 11 is 0. The summed E-state index contributed by atoms with van der Waals surface area (Å²) in [6.45, 7) is 13.0. The van der Waals surface area contributed by atoms with Gasteiger partial charge in [-0.3, -0.25) is 4.90 Å². The predicted octanol–water partition coefficient (Wildman–Crippen LogP) is 1.87. The lowest BCUT2D eigenvalue weighted by Gasteiger charge is -2.35. The number of likely N-dealkylation sites (tertiary alicyclic amines) is 1. The molecule has 0 aromatic rings. The number of rotatable bonds is 6. The molecule has 0 amide bonds. The quantitative estimate of drug-likeness (QED) is 0.751. The molecule has 1 rings (SSSR count). The van der Waals surface area contributed by atoms with Crippen molar-refractivity contribution >= 4 is 0 Å². The van der Waals surface area contributed by atoms with Crippen LogP contribution in [0.25, 0.3) is 0 Å². The summed E-state index contributed by atoms with van der Waals surface area (Å²) < 4.78 is 5.60. The van der Waals surface area contributed by atoms with Crippen molar-refractivity contribution < 1.29 is 4.74 Å². The van der Waals surface area contributed by atoms with E-state index >= 15 is 0 Å². The summed E-state index contributed by atoms with van der Waals surface area (Å²) in [6.07, 6.45) is 2.99. The maximum absolute atomic E-state index is 5.60. The van der Waals surface area contributed by atoms with E-state index in [-0.39, 0.29) is 0 Å². The Morgan fingerprint density at radius 3 is 2.75 bits per heavy atom. The number of ether oxygens (including phenoxy) is 1. The van der Waals surface area contributed by atoms with E-state index in [9.17, 15) is 0 Å². The average molecular weight is 228 g/mol. The Morgan fingerprint density at radius 1 is 1.38 bits per heavy atom. The van der Waals surface area contributed by atoms with Gasteiger partial charge >= 0.3 is 0 Å². The van der Waals surface area contributed by atoms with Gasteiger partial charge in [0.2, 0.25) is 0 Å². The van der Waals surface area contributed by atoms with Gasteiger partial charge in [0, 0.05) is 31.8 Å². The van der Waals surface area contributed by atoms with Crippen LogP contribution in [0.15, 0.2) is 0 Å². The zero-order valence-electron chi connectivity index (χ0n) is 11.3. The topological polar surface area (TPSA) is 24.5 Å². The van der Waals surface area contributed by atoms with Gasteiger partial charge in [-0.1, -0.05) is 13.8 Å². The SMILES string of the molecule is CCOC(C)CN1CCCC(NC(C)C)C1. The number of hydrogen-bond donors (Lipinski definition) is 1. The first-order valence-electron chi connectivity index (χ1n) is 6.71. The van der Waals surface area contributed by atoms with Gasteiger partial charge in [0.1, 0.15) is 0 Å². The standard InChI is InChI=1S/C13H28N2O/c1-5-16-12(4)9-15-8-6-7-13(10-15)14-11(2)3/h11-14H,5-10H2,1-4H3. The van der Waals surface area contributed by atoms with Gasteiger partial charge in [0.25, 0.3) is 0 Å². The Labute approximate surface area is 101 Å². The summed E-state index contributed by atoms with van der Waals surface area (Å²) in [5.41, 5.74) is 0. The van der Waals surface area contributed by atoms with Crippen molar-refractivity contribution in [2.24, 2.45) is 0 Å². The van der Waals surface area contributed by atoms with E-state index in [0.717, 1.165) is 13.2 Å². The van der Waals surface area contributed by atoms with Gasteiger partial charge in [-0.2, -0.15) is 0 Å². The van der Waals surface area contributed by atoms with Crippen molar-refractivity contribution in [3.63, 3.8) is 0 Å². The van der Waals surface area contributed by atoms with Crippen LogP contribution in [-0.2, 0) is 4.74 Å². The van der Waals surface area contributed by atoms with Crippen molar-refractivity contribution in [2.75, 3.05) is 26.2 Å². The lowest BCUT2D eigenvalue weighted by molar-refractivity contribution is 0.0363. The normalized spacial score (nSPS) is 24.9. The molecule has 0 radical (unpaired) electrons. The Bertz CT molecular complexity index is 185. The summed E-state index contributed by atoms with van der Waals surface area (Å²) in [5.74, 6) is 0. The molecular weight excluding hydrogens is 200 g/mol. The maximum atomic E-state index is 5.60. The third-order valence-corrected chi connectivity index (χ3v) is 3.04. The molecule has 0 aromatic carbocycles. The molecule has 0 aliphatic carbocycles. The van der Waals surface area contributed by atoms with Crippen molar-refractivity contribution in [1.82, 2.24) is 10.2 Å². The molecular formula is C13H28N2O. The minimum Gasteiger partial charge on any atom is -0.377 e. The van der Waals surface area contributed by atoms with Crippen LogP contribution in [0.1, 0.15) is 40.5 Å². The fourth-order valence-corrected chi connectivity index (χ4v) is 2.53. The number of nitrogens with zero attached hydrogens (tertiary/aromatic N) is 1. The highest BCUT2D eigenvalue weighted by Gasteiger charge is 2.21. The van der Waals surface area contributed by atoms with Crippen molar-refractivity contribution in [2.45, 2.75) is 58.7 Å². The van der Waals surface area contributed by atoms with Crippen LogP contribution in [0.5, 0.6) is 0 Å². The van der Waals surface area contributed by atoms with E-state index in [2.05, 4.69) is 37.9 Å². The highest BCUT2D eigenvalue weighted by molar-refractivity contribution is 4.80. The van der Waals surface area contributed by atoms with Crippen LogP contribution < -0.4 is 5.32 Å². The molecule has 96 valence electrons. The Morgan fingerprint density at radius 2 is 2.12 bits per heavy atom. The van der Waals surface area contributed by atoms with Gasteiger partial charge in [0.15, 0.2) is 0 Å². The lowest BCUT2D eigenvalue weighted by atomic mass is 10.0. The molecule has 0 bridgehead atoms. The highest BCUT2D eigenvalue weighted by Crippen LogP contribution is 2.11. The van der Waals surface area contributed by atoms with Crippen molar-refractivity contribution in [1.29, 1.82) is 0 Å². The van der Waals surface area contributed by atoms with Crippen LogP contribution in [-0.4, -0.2) is 49.3 Å². The molecule has 3 nitrogen and oxygen atoms in total. The third-order valence-electron chi connectivity index (χ3n) is 3.04. The van der Waals surface area contributed by atoms with E-state index < -0.39 is 0 Å². The van der Waals surface area contributed by atoms with Gasteiger partial charge in [0.05, 0.1) is 6.10 Å². The van der Waals surface area contributed by atoms with E-state index in [0.29, 0.717) is 18.2 Å². The summed E-state index contributed by atoms with van der Waals surface area (Å²) in [7, 11) is 0. The predicted molar refractivity (Wildman–Crippen MR) is 68.8 cm³/mol. The zero-order chi connectivity index (χ0) is 12.0. The molecule has 0 saturated carbocycles. The van der Waals surface area contributed by atoms with Crippen LogP contribution >= 0.6 is 0 Å². The summed E-state index contributed by atoms with van der Waals surface area (Å²) in [5, 5.41) is 3.63. The van der Waals surface area contributed by atoms with Crippen LogP contribution in [0.3, 0.4) is 0 Å². The van der Waals surface area contributed by atoms with Crippen molar-refractivity contribution in [3.05, 3.63) is 0 Å². The second-order valence-electron chi connectivity index (χ2n) is 5.19. The first kappa shape index (κ1) is 13.9. The first-order chi connectivity index (χ1) is 7.61. The molecule has 0 spiro atoms. The second kappa shape index (κ2) is 7.25. The minimum absolute atomic E-state index is 0.364. The minimum atomic E-state index is 0.364. The monoisotopic (exact) mass is 228 g/mol. The van der Waals surface area contributed by atoms with Crippen LogP contribution in [0.2, 0.25) is 0 Å². The molecule has 1 aliphatic heterocycles. The fraction of sp³-hybridized carbons (Fsp3) is 1.00. The van der Waals surface area contributed by atoms with Gasteiger partial charge in [-0.25, -0.2) is 0 Å². The molecule has 1 fully saturated rings. The third kappa shape index (κ3) is 5.28. The van der Waals surface area contributed by atoms with E-state index in [1.807, 2.05) is 0 Å². The number of hydrogen-bond acceptors (Lipinski definition) is 3. The highest BCUT2D eigenvalue weighted by atomic mass is 16.5. The first-order valence-corrected chi connectivity index (χ1v) is 6.71. The maximum Gasteiger partial charge on any atom is 0.0673 e.